The number of halogens is 1. The van der Waals surface area contributed by atoms with Gasteiger partial charge in [-0.25, -0.2) is 0 Å². The van der Waals surface area contributed by atoms with Gasteiger partial charge in [-0.1, -0.05) is 17.7 Å². The molecule has 1 heterocycles. The first-order valence-corrected chi connectivity index (χ1v) is 6.69. The van der Waals surface area contributed by atoms with Crippen LogP contribution in [0.25, 0.3) is 0 Å². The normalized spacial score (nSPS) is 10.5. The Bertz CT molecular complexity index is 508. The number of benzene rings is 1. The van der Waals surface area contributed by atoms with E-state index in [1.807, 2.05) is 31.2 Å². The lowest BCUT2D eigenvalue weighted by Crippen LogP contribution is -2.06. The maximum absolute atomic E-state index is 5.88. The molecule has 0 unspecified atom stereocenters. The number of thiophene rings is 1. The van der Waals surface area contributed by atoms with Crippen LogP contribution in [0.4, 0.5) is 11.4 Å². The summed E-state index contributed by atoms with van der Waals surface area (Å²) in [6, 6.07) is 9.94. The minimum atomic E-state index is 0.828. The molecule has 3 N–H and O–H groups in total. The molecule has 2 rings (SSSR count). The average Bonchev–Trinajstić information content (AvgIpc) is 2.70. The zero-order chi connectivity index (χ0) is 12.3. The molecule has 2 nitrogen and oxygen atoms in total. The number of hydrogen-bond acceptors (Lipinski definition) is 3. The van der Waals surface area contributed by atoms with Gasteiger partial charge in [-0.05, 0) is 43.2 Å². The molecule has 0 aliphatic rings. The van der Waals surface area contributed by atoms with E-state index in [1.54, 1.807) is 11.3 Å². The van der Waals surface area contributed by atoms with E-state index in [0.717, 1.165) is 34.2 Å². The predicted octanol–water partition coefficient (Wildman–Crippen LogP) is 3.95. The molecule has 0 saturated carbocycles. The van der Waals surface area contributed by atoms with Crippen LogP contribution in [-0.2, 0) is 6.42 Å². The van der Waals surface area contributed by atoms with Gasteiger partial charge in [-0.2, -0.15) is 0 Å². The molecule has 0 spiro atoms. The molecule has 0 radical (unpaired) electrons. The third kappa shape index (κ3) is 3.14. The van der Waals surface area contributed by atoms with E-state index < -0.39 is 0 Å². The van der Waals surface area contributed by atoms with Crippen molar-refractivity contribution < 1.29 is 0 Å². The van der Waals surface area contributed by atoms with E-state index >= 15 is 0 Å². The van der Waals surface area contributed by atoms with Crippen molar-refractivity contribution in [3.63, 3.8) is 0 Å². The summed E-state index contributed by atoms with van der Waals surface area (Å²) < 4.78 is 0.847. The average molecular weight is 267 g/mol. The highest BCUT2D eigenvalue weighted by Crippen LogP contribution is 2.23. The van der Waals surface area contributed by atoms with Crippen molar-refractivity contribution in [2.75, 3.05) is 17.6 Å². The third-order valence-corrected chi connectivity index (χ3v) is 3.98. The Kier molecular flexibility index (Phi) is 3.92. The lowest BCUT2D eigenvalue weighted by molar-refractivity contribution is 1.04. The quantitative estimate of drug-likeness (QED) is 0.823. The van der Waals surface area contributed by atoms with Crippen LogP contribution in [0.15, 0.2) is 30.3 Å². The number of anilines is 2. The zero-order valence-electron chi connectivity index (χ0n) is 9.66. The largest absolute Gasteiger partial charge is 0.398 e. The maximum atomic E-state index is 5.88. The zero-order valence-corrected chi connectivity index (χ0v) is 11.2. The van der Waals surface area contributed by atoms with Gasteiger partial charge >= 0.3 is 0 Å². The van der Waals surface area contributed by atoms with Crippen LogP contribution in [0.2, 0.25) is 4.34 Å². The van der Waals surface area contributed by atoms with Gasteiger partial charge in [0.15, 0.2) is 0 Å². The molecular formula is C13H15ClN2S. The first-order valence-electron chi connectivity index (χ1n) is 5.50. The summed E-state index contributed by atoms with van der Waals surface area (Å²) in [4.78, 5) is 1.30. The maximum Gasteiger partial charge on any atom is 0.0931 e. The van der Waals surface area contributed by atoms with Crippen molar-refractivity contribution in [3.05, 3.63) is 45.1 Å². The summed E-state index contributed by atoms with van der Waals surface area (Å²) in [5.74, 6) is 0. The number of nitrogens with one attached hydrogen (secondary N) is 1. The van der Waals surface area contributed by atoms with Crippen LogP contribution in [-0.4, -0.2) is 6.54 Å². The van der Waals surface area contributed by atoms with E-state index in [1.165, 1.54) is 4.88 Å². The first-order chi connectivity index (χ1) is 8.16. The fourth-order valence-corrected chi connectivity index (χ4v) is 2.74. The highest BCUT2D eigenvalue weighted by atomic mass is 35.5. The highest BCUT2D eigenvalue weighted by molar-refractivity contribution is 7.16. The highest BCUT2D eigenvalue weighted by Gasteiger charge is 2.01. The van der Waals surface area contributed by atoms with Gasteiger partial charge in [0.2, 0.25) is 0 Å². The second-order valence-electron chi connectivity index (χ2n) is 3.90. The minimum absolute atomic E-state index is 0.828. The van der Waals surface area contributed by atoms with E-state index in [9.17, 15) is 0 Å². The Morgan fingerprint density at radius 2 is 2.12 bits per heavy atom. The molecule has 0 saturated heterocycles. The van der Waals surface area contributed by atoms with Crippen LogP contribution < -0.4 is 11.1 Å². The monoisotopic (exact) mass is 266 g/mol. The Balaban J connectivity index is 1.92. The summed E-state index contributed by atoms with van der Waals surface area (Å²) in [6.07, 6.45) is 0.978. The van der Waals surface area contributed by atoms with Gasteiger partial charge in [0, 0.05) is 22.8 Å². The van der Waals surface area contributed by atoms with Crippen molar-refractivity contribution in [1.29, 1.82) is 0 Å². The Hall–Kier alpha value is -1.19. The molecular weight excluding hydrogens is 252 g/mol. The molecule has 0 aliphatic carbocycles. The van der Waals surface area contributed by atoms with E-state index in [-0.39, 0.29) is 0 Å². The van der Waals surface area contributed by atoms with Crippen molar-refractivity contribution in [2.45, 2.75) is 13.3 Å². The Labute approximate surface area is 110 Å². The SMILES string of the molecule is Cc1c(N)cccc1NCCc1ccc(Cl)s1. The van der Waals surface area contributed by atoms with E-state index in [2.05, 4.69) is 11.4 Å². The predicted molar refractivity (Wildman–Crippen MR) is 77.1 cm³/mol. The molecule has 0 atom stereocenters. The first kappa shape index (κ1) is 12.3. The lowest BCUT2D eigenvalue weighted by Gasteiger charge is -2.10. The van der Waals surface area contributed by atoms with Crippen molar-refractivity contribution in [2.24, 2.45) is 0 Å². The molecule has 0 amide bonds. The second-order valence-corrected chi connectivity index (χ2v) is 5.70. The number of nitrogens with two attached hydrogens (primary N) is 1. The second kappa shape index (κ2) is 5.43. The molecule has 2 aromatic rings. The molecule has 0 aliphatic heterocycles. The van der Waals surface area contributed by atoms with Crippen LogP contribution in [0, 0.1) is 6.92 Å². The van der Waals surface area contributed by atoms with Crippen LogP contribution >= 0.6 is 22.9 Å². The number of hydrogen-bond donors (Lipinski definition) is 2. The summed E-state index contributed by atoms with van der Waals surface area (Å²) in [6.45, 7) is 2.92. The van der Waals surface area contributed by atoms with Gasteiger partial charge in [-0.15, -0.1) is 11.3 Å². The summed E-state index contributed by atoms with van der Waals surface area (Å²) >= 11 is 7.51. The fourth-order valence-electron chi connectivity index (χ4n) is 1.65. The van der Waals surface area contributed by atoms with Crippen molar-refractivity contribution in [1.82, 2.24) is 0 Å². The van der Waals surface area contributed by atoms with Gasteiger partial charge in [0.25, 0.3) is 0 Å². The summed E-state index contributed by atoms with van der Waals surface area (Å²) in [5.41, 5.74) is 8.89. The fraction of sp³-hybridized carbons (Fsp3) is 0.231. The Morgan fingerprint density at radius 3 is 2.82 bits per heavy atom. The standard InChI is InChI=1S/C13H15ClN2S/c1-9-11(15)3-2-4-12(9)16-8-7-10-5-6-13(14)17-10/h2-6,16H,7-8,15H2,1H3. The van der Waals surface area contributed by atoms with Gasteiger partial charge < -0.3 is 11.1 Å². The van der Waals surface area contributed by atoms with E-state index in [4.69, 9.17) is 17.3 Å². The molecule has 4 heteroatoms. The molecule has 1 aromatic heterocycles. The number of nitrogen functional groups attached to an aromatic ring is 1. The van der Waals surface area contributed by atoms with Crippen molar-refractivity contribution in [3.8, 4) is 0 Å². The lowest BCUT2D eigenvalue weighted by atomic mass is 10.1. The molecule has 0 bridgehead atoms. The van der Waals surface area contributed by atoms with Gasteiger partial charge in [0.05, 0.1) is 4.34 Å². The molecule has 90 valence electrons. The van der Waals surface area contributed by atoms with Crippen LogP contribution in [0.5, 0.6) is 0 Å². The molecule has 17 heavy (non-hydrogen) atoms. The number of rotatable bonds is 4. The van der Waals surface area contributed by atoms with Gasteiger partial charge in [0.1, 0.15) is 0 Å². The van der Waals surface area contributed by atoms with Crippen molar-refractivity contribution >= 4 is 34.3 Å². The third-order valence-electron chi connectivity index (χ3n) is 2.69. The Morgan fingerprint density at radius 1 is 1.29 bits per heavy atom. The summed E-state index contributed by atoms with van der Waals surface area (Å²) in [5, 5.41) is 3.40. The van der Waals surface area contributed by atoms with Crippen LogP contribution in [0.1, 0.15) is 10.4 Å². The molecule has 1 aromatic carbocycles. The van der Waals surface area contributed by atoms with Crippen LogP contribution in [0.3, 0.4) is 0 Å². The van der Waals surface area contributed by atoms with Gasteiger partial charge in [-0.3, -0.25) is 0 Å². The summed E-state index contributed by atoms with van der Waals surface area (Å²) in [7, 11) is 0. The smallest absolute Gasteiger partial charge is 0.0931 e. The minimum Gasteiger partial charge on any atom is -0.398 e. The van der Waals surface area contributed by atoms with E-state index in [0.29, 0.717) is 0 Å². The molecule has 0 fully saturated rings. The topological polar surface area (TPSA) is 38.0 Å².